The number of hydrogen-bond acceptors (Lipinski definition) is 3. The maximum Gasteiger partial charge on any atom is 0.178 e. The second-order valence-electron chi connectivity index (χ2n) is 3.91. The minimum atomic E-state index is 0.725. The van der Waals surface area contributed by atoms with Crippen molar-refractivity contribution >= 4 is 61.3 Å². The number of nitrogens with zero attached hydrogens (tertiary/aromatic N) is 2. The van der Waals surface area contributed by atoms with E-state index in [2.05, 4.69) is 48.5 Å². The Balaban J connectivity index is 1.92. The number of halogens is 2. The van der Waals surface area contributed by atoms with Crippen LogP contribution >= 0.6 is 38.5 Å². The number of rotatable bonds is 2. The number of furan rings is 1. The van der Waals surface area contributed by atoms with Crippen LogP contribution in [0.4, 0.5) is 5.69 Å². The molecule has 0 aliphatic carbocycles. The highest BCUT2D eigenvalue weighted by Gasteiger charge is 2.03. The molecule has 0 fully saturated rings. The largest absolute Gasteiger partial charge is 0.448 e. The third-order valence-electron chi connectivity index (χ3n) is 2.59. The number of aliphatic imine (C=N–C) groups is 1. The fourth-order valence-electron chi connectivity index (χ4n) is 1.71. The Morgan fingerprint density at radius 1 is 1.26 bits per heavy atom. The van der Waals surface area contributed by atoms with Crippen LogP contribution in [-0.2, 0) is 0 Å². The summed E-state index contributed by atoms with van der Waals surface area (Å²) in [5.74, 6) is 0.725. The normalized spacial score (nSPS) is 11.5. The third kappa shape index (κ3) is 2.87. The molecule has 2 aromatic heterocycles. The first kappa shape index (κ1) is 12.8. The van der Waals surface area contributed by atoms with Crippen molar-refractivity contribution in [2.24, 2.45) is 4.99 Å². The van der Waals surface area contributed by atoms with Crippen molar-refractivity contribution in [2.45, 2.75) is 0 Å². The van der Waals surface area contributed by atoms with Gasteiger partial charge < -0.3 is 4.42 Å². The second kappa shape index (κ2) is 5.42. The molecule has 3 aromatic rings. The average Bonchev–Trinajstić information content (AvgIpc) is 2.75. The summed E-state index contributed by atoms with van der Waals surface area (Å²) >= 11 is 5.53. The zero-order chi connectivity index (χ0) is 13.2. The van der Waals surface area contributed by atoms with E-state index in [9.17, 15) is 0 Å². The summed E-state index contributed by atoms with van der Waals surface area (Å²) in [6.45, 7) is 0. The molecule has 1 aromatic carbocycles. The van der Waals surface area contributed by atoms with Crippen molar-refractivity contribution in [1.82, 2.24) is 4.98 Å². The lowest BCUT2D eigenvalue weighted by molar-refractivity contribution is 0.530. The predicted octanol–water partition coefficient (Wildman–Crippen LogP) is 4.95. The van der Waals surface area contributed by atoms with Gasteiger partial charge in [-0.25, -0.2) is 0 Å². The number of pyridine rings is 1. The van der Waals surface area contributed by atoms with Gasteiger partial charge in [-0.1, -0.05) is 6.07 Å². The van der Waals surface area contributed by atoms with E-state index in [1.54, 1.807) is 12.4 Å². The Morgan fingerprint density at radius 2 is 2.16 bits per heavy atom. The molecular formula is C14H8BrIN2O. The van der Waals surface area contributed by atoms with Crippen LogP contribution in [0.1, 0.15) is 5.76 Å². The van der Waals surface area contributed by atoms with Gasteiger partial charge in [0.25, 0.3) is 0 Å². The van der Waals surface area contributed by atoms with Gasteiger partial charge in [0.2, 0.25) is 0 Å². The topological polar surface area (TPSA) is 38.4 Å². The molecule has 19 heavy (non-hydrogen) atoms. The summed E-state index contributed by atoms with van der Waals surface area (Å²) < 4.78 is 7.26. The first-order valence-corrected chi connectivity index (χ1v) is 7.43. The standard InChI is InChI=1S/C14H8BrIN2O/c15-12-7-11(19-14(12)16)8-18-10-3-4-13-9(6-10)2-1-5-17-13/h1-8H. The molecule has 3 rings (SSSR count). The van der Waals surface area contributed by atoms with Gasteiger partial charge in [-0.2, -0.15) is 0 Å². The molecule has 0 radical (unpaired) electrons. The van der Waals surface area contributed by atoms with Crippen molar-refractivity contribution in [1.29, 1.82) is 0 Å². The van der Waals surface area contributed by atoms with Crippen LogP contribution in [-0.4, -0.2) is 11.2 Å². The molecule has 0 atom stereocenters. The van der Waals surface area contributed by atoms with Gasteiger partial charge in [-0.15, -0.1) is 0 Å². The van der Waals surface area contributed by atoms with Crippen molar-refractivity contribution in [3.8, 4) is 0 Å². The number of benzene rings is 1. The van der Waals surface area contributed by atoms with E-state index in [1.165, 1.54) is 0 Å². The Kier molecular flexibility index (Phi) is 3.65. The van der Waals surface area contributed by atoms with Crippen LogP contribution < -0.4 is 0 Å². The lowest BCUT2D eigenvalue weighted by Crippen LogP contribution is -1.77. The van der Waals surface area contributed by atoms with E-state index >= 15 is 0 Å². The fraction of sp³-hybridized carbons (Fsp3) is 0. The highest BCUT2D eigenvalue weighted by atomic mass is 127. The zero-order valence-corrected chi connectivity index (χ0v) is 13.4. The lowest BCUT2D eigenvalue weighted by Gasteiger charge is -1.97. The minimum Gasteiger partial charge on any atom is -0.448 e. The maximum atomic E-state index is 5.50. The monoisotopic (exact) mass is 426 g/mol. The van der Waals surface area contributed by atoms with Crippen LogP contribution in [0.2, 0.25) is 0 Å². The second-order valence-corrected chi connectivity index (χ2v) is 5.74. The van der Waals surface area contributed by atoms with Crippen LogP contribution in [0, 0.1) is 3.77 Å². The number of aromatic nitrogens is 1. The molecule has 0 spiro atoms. The summed E-state index contributed by atoms with van der Waals surface area (Å²) in [5.41, 5.74) is 1.85. The molecule has 5 heteroatoms. The van der Waals surface area contributed by atoms with E-state index in [4.69, 9.17) is 4.42 Å². The summed E-state index contributed by atoms with van der Waals surface area (Å²) in [6.07, 6.45) is 3.50. The smallest absolute Gasteiger partial charge is 0.178 e. The SMILES string of the molecule is Brc1cc(C=Nc2ccc3ncccc3c2)oc1I. The molecule has 0 aliphatic rings. The van der Waals surface area contributed by atoms with Crippen molar-refractivity contribution in [3.05, 3.63) is 56.6 Å². The van der Waals surface area contributed by atoms with Crippen LogP contribution in [0.3, 0.4) is 0 Å². The van der Waals surface area contributed by atoms with Crippen LogP contribution in [0.15, 0.2) is 56.5 Å². The average molecular weight is 427 g/mol. The highest BCUT2D eigenvalue weighted by Crippen LogP contribution is 2.23. The van der Waals surface area contributed by atoms with Gasteiger partial charge in [-0.05, 0) is 40.2 Å². The number of fused-ring (bicyclic) bond motifs is 1. The van der Waals surface area contributed by atoms with E-state index in [1.807, 2.05) is 36.4 Å². The molecule has 94 valence electrons. The highest BCUT2D eigenvalue weighted by molar-refractivity contribution is 14.1. The van der Waals surface area contributed by atoms with Gasteiger partial charge in [-0.3, -0.25) is 9.98 Å². The molecule has 3 nitrogen and oxygen atoms in total. The zero-order valence-electron chi connectivity index (χ0n) is 9.68. The molecule has 0 saturated carbocycles. The van der Waals surface area contributed by atoms with Crippen LogP contribution in [0.25, 0.3) is 10.9 Å². The quantitative estimate of drug-likeness (QED) is 0.429. The summed E-state index contributed by atoms with van der Waals surface area (Å²) in [5, 5.41) is 1.08. The Morgan fingerprint density at radius 3 is 2.95 bits per heavy atom. The van der Waals surface area contributed by atoms with Crippen molar-refractivity contribution < 1.29 is 4.42 Å². The summed E-state index contributed by atoms with van der Waals surface area (Å²) in [7, 11) is 0. The summed E-state index contributed by atoms with van der Waals surface area (Å²) in [6, 6.07) is 11.7. The van der Waals surface area contributed by atoms with E-state index in [-0.39, 0.29) is 0 Å². The molecular weight excluding hydrogens is 419 g/mol. The van der Waals surface area contributed by atoms with Crippen molar-refractivity contribution in [2.75, 3.05) is 0 Å². The first-order valence-electron chi connectivity index (χ1n) is 5.56. The van der Waals surface area contributed by atoms with Crippen molar-refractivity contribution in [3.63, 3.8) is 0 Å². The molecule has 0 bridgehead atoms. The Labute approximate surface area is 132 Å². The Bertz CT molecular complexity index is 747. The van der Waals surface area contributed by atoms with E-state index < -0.39 is 0 Å². The molecule has 0 aliphatic heterocycles. The van der Waals surface area contributed by atoms with Gasteiger partial charge in [0.05, 0.1) is 21.9 Å². The molecule has 0 N–H and O–H groups in total. The van der Waals surface area contributed by atoms with E-state index in [0.717, 1.165) is 30.6 Å². The third-order valence-corrected chi connectivity index (χ3v) is 4.72. The number of hydrogen-bond donors (Lipinski definition) is 0. The maximum absolute atomic E-state index is 5.50. The molecule has 0 unspecified atom stereocenters. The molecule has 0 amide bonds. The molecule has 2 heterocycles. The minimum absolute atomic E-state index is 0.725. The fourth-order valence-corrected chi connectivity index (χ4v) is 2.42. The lowest BCUT2D eigenvalue weighted by atomic mass is 10.2. The molecule has 0 saturated heterocycles. The van der Waals surface area contributed by atoms with Gasteiger partial charge in [0.15, 0.2) is 3.77 Å². The van der Waals surface area contributed by atoms with E-state index in [0.29, 0.717) is 0 Å². The van der Waals surface area contributed by atoms with Crippen LogP contribution in [0.5, 0.6) is 0 Å². The van der Waals surface area contributed by atoms with Gasteiger partial charge in [0.1, 0.15) is 5.76 Å². The first-order chi connectivity index (χ1) is 9.22. The van der Waals surface area contributed by atoms with Gasteiger partial charge in [0, 0.05) is 40.2 Å². The predicted molar refractivity (Wildman–Crippen MR) is 88.1 cm³/mol. The summed E-state index contributed by atoms with van der Waals surface area (Å²) in [4.78, 5) is 8.69. The Hall–Kier alpha value is -1.21. The van der Waals surface area contributed by atoms with Gasteiger partial charge >= 0.3 is 0 Å².